The Kier molecular flexibility index (Phi) is 4.78. The summed E-state index contributed by atoms with van der Waals surface area (Å²) >= 11 is 0. The zero-order valence-corrected chi connectivity index (χ0v) is 17.6. The Balaban J connectivity index is 1.64. The Labute approximate surface area is 168 Å². The molecule has 1 aliphatic heterocycles. The molecule has 1 aromatic rings. The zero-order chi connectivity index (χ0) is 20.1. The number of benzene rings is 1. The fourth-order valence-electron chi connectivity index (χ4n) is 6.05. The Hall–Kier alpha value is -1.86. The maximum atomic E-state index is 13.5. The van der Waals surface area contributed by atoms with Crippen molar-refractivity contribution >= 4 is 5.91 Å². The van der Waals surface area contributed by atoms with Gasteiger partial charge in [0.1, 0.15) is 0 Å². The highest BCUT2D eigenvalue weighted by atomic mass is 16.5. The van der Waals surface area contributed by atoms with Crippen LogP contribution in [0.1, 0.15) is 69.6 Å². The first-order chi connectivity index (χ1) is 13.3. The number of amides is 1. The van der Waals surface area contributed by atoms with Crippen LogP contribution in [0.2, 0.25) is 0 Å². The van der Waals surface area contributed by atoms with E-state index in [1.807, 2.05) is 12.1 Å². The molecule has 4 rings (SSSR count). The number of carbonyl (C=O) groups is 1. The van der Waals surface area contributed by atoms with Gasteiger partial charge in [0, 0.05) is 31.0 Å². The molecule has 1 heterocycles. The van der Waals surface area contributed by atoms with Crippen LogP contribution in [0.5, 0.6) is 0 Å². The van der Waals surface area contributed by atoms with Crippen molar-refractivity contribution in [1.82, 2.24) is 4.90 Å². The van der Waals surface area contributed by atoms with E-state index in [-0.39, 0.29) is 22.8 Å². The summed E-state index contributed by atoms with van der Waals surface area (Å²) in [7, 11) is 1.77. The minimum absolute atomic E-state index is 0.00576. The Morgan fingerprint density at radius 3 is 2.57 bits per heavy atom. The van der Waals surface area contributed by atoms with E-state index in [1.165, 1.54) is 11.1 Å². The number of carbonyl (C=O) groups excluding carboxylic acids is 1. The summed E-state index contributed by atoms with van der Waals surface area (Å²) in [6.45, 7) is 7.86. The van der Waals surface area contributed by atoms with Crippen LogP contribution in [0.15, 0.2) is 18.2 Å². The average Bonchev–Trinajstić information content (AvgIpc) is 2.70. The van der Waals surface area contributed by atoms with Gasteiger partial charge in [-0.1, -0.05) is 26.8 Å². The second kappa shape index (κ2) is 6.88. The van der Waals surface area contributed by atoms with Crippen molar-refractivity contribution in [2.75, 3.05) is 13.7 Å². The number of hydrogen-bond donors (Lipinski definition) is 0. The van der Waals surface area contributed by atoms with Crippen LogP contribution in [0.4, 0.5) is 0 Å². The lowest BCUT2D eigenvalue weighted by molar-refractivity contribution is -0.150. The number of nitriles is 1. The van der Waals surface area contributed by atoms with Crippen molar-refractivity contribution in [3.63, 3.8) is 0 Å². The Morgan fingerprint density at radius 1 is 1.21 bits per heavy atom. The predicted molar refractivity (Wildman–Crippen MR) is 109 cm³/mol. The van der Waals surface area contributed by atoms with E-state index in [9.17, 15) is 10.1 Å². The predicted octanol–water partition coefficient (Wildman–Crippen LogP) is 4.20. The van der Waals surface area contributed by atoms with Gasteiger partial charge in [0.25, 0.3) is 0 Å². The van der Waals surface area contributed by atoms with Gasteiger partial charge in [0.15, 0.2) is 0 Å². The van der Waals surface area contributed by atoms with Gasteiger partial charge in [-0.15, -0.1) is 0 Å². The third-order valence-corrected chi connectivity index (χ3v) is 8.37. The van der Waals surface area contributed by atoms with Gasteiger partial charge in [-0.2, -0.15) is 5.26 Å². The van der Waals surface area contributed by atoms with Crippen molar-refractivity contribution in [1.29, 1.82) is 5.26 Å². The van der Waals surface area contributed by atoms with E-state index in [0.29, 0.717) is 12.0 Å². The molecular formula is C24H32N2O2. The molecule has 0 unspecified atom stereocenters. The van der Waals surface area contributed by atoms with Gasteiger partial charge < -0.3 is 9.64 Å². The average molecular weight is 381 g/mol. The van der Waals surface area contributed by atoms with Gasteiger partial charge in [-0.25, -0.2) is 0 Å². The van der Waals surface area contributed by atoms with E-state index < -0.39 is 0 Å². The van der Waals surface area contributed by atoms with Crippen LogP contribution in [-0.2, 0) is 21.4 Å². The fraction of sp³-hybridized carbons (Fsp3) is 0.667. The molecule has 150 valence electrons. The lowest BCUT2D eigenvalue weighted by Gasteiger charge is -2.61. The summed E-state index contributed by atoms with van der Waals surface area (Å²) < 4.78 is 5.49. The summed E-state index contributed by atoms with van der Waals surface area (Å²) in [6.07, 6.45) is 6.00. The van der Waals surface area contributed by atoms with E-state index in [1.54, 1.807) is 7.11 Å². The molecule has 2 aliphatic carbocycles. The van der Waals surface area contributed by atoms with Crippen LogP contribution in [-0.4, -0.2) is 36.6 Å². The van der Waals surface area contributed by atoms with E-state index in [2.05, 4.69) is 37.8 Å². The normalized spacial score (nSPS) is 33.7. The van der Waals surface area contributed by atoms with Crippen LogP contribution in [0.3, 0.4) is 0 Å². The largest absolute Gasteiger partial charge is 0.381 e. The van der Waals surface area contributed by atoms with Crippen molar-refractivity contribution < 1.29 is 9.53 Å². The number of hydrogen-bond acceptors (Lipinski definition) is 3. The monoisotopic (exact) mass is 380 g/mol. The first kappa shape index (κ1) is 19.5. The summed E-state index contributed by atoms with van der Waals surface area (Å²) in [5.74, 6) is 0.480. The van der Waals surface area contributed by atoms with Crippen LogP contribution >= 0.6 is 0 Å². The number of ether oxygens (including phenoxy) is 1. The molecule has 2 bridgehead atoms. The second-order valence-electron chi connectivity index (χ2n) is 9.75. The SMILES string of the molecule is COC1CCC(C(=O)N2CC[C@]3(C)c4ccc(C#N)cc4C[C@@H]2C3(C)C)CC1. The molecule has 1 saturated heterocycles. The highest BCUT2D eigenvalue weighted by molar-refractivity contribution is 5.80. The van der Waals surface area contributed by atoms with Crippen molar-refractivity contribution in [3.05, 3.63) is 34.9 Å². The van der Waals surface area contributed by atoms with Crippen molar-refractivity contribution in [3.8, 4) is 6.07 Å². The molecule has 0 N–H and O–H groups in total. The maximum Gasteiger partial charge on any atom is 0.225 e. The number of piperidine rings is 1. The number of likely N-dealkylation sites (tertiary alicyclic amines) is 1. The molecule has 1 amide bonds. The van der Waals surface area contributed by atoms with Crippen LogP contribution in [0.25, 0.3) is 0 Å². The first-order valence-electron chi connectivity index (χ1n) is 10.7. The lowest BCUT2D eigenvalue weighted by atomic mass is 9.51. The van der Waals surface area contributed by atoms with Gasteiger partial charge in [0.05, 0.1) is 17.7 Å². The second-order valence-corrected chi connectivity index (χ2v) is 9.75. The molecule has 4 nitrogen and oxygen atoms in total. The smallest absolute Gasteiger partial charge is 0.225 e. The topological polar surface area (TPSA) is 53.3 Å². The summed E-state index contributed by atoms with van der Waals surface area (Å²) in [4.78, 5) is 15.7. The fourth-order valence-corrected chi connectivity index (χ4v) is 6.05. The zero-order valence-electron chi connectivity index (χ0n) is 17.6. The molecule has 0 aromatic heterocycles. The molecule has 0 spiro atoms. The Bertz CT molecular complexity index is 816. The van der Waals surface area contributed by atoms with Crippen molar-refractivity contribution in [2.24, 2.45) is 11.3 Å². The molecule has 1 aromatic carbocycles. The molecule has 1 saturated carbocycles. The Morgan fingerprint density at radius 2 is 1.93 bits per heavy atom. The summed E-state index contributed by atoms with van der Waals surface area (Å²) in [6, 6.07) is 8.64. The van der Waals surface area contributed by atoms with Gasteiger partial charge >= 0.3 is 0 Å². The minimum atomic E-state index is 0.00576. The number of methoxy groups -OCH3 is 1. The quantitative estimate of drug-likeness (QED) is 0.772. The van der Waals surface area contributed by atoms with Crippen LogP contribution in [0, 0.1) is 22.7 Å². The third kappa shape index (κ3) is 2.78. The van der Waals surface area contributed by atoms with Gasteiger partial charge in [-0.3, -0.25) is 4.79 Å². The molecule has 28 heavy (non-hydrogen) atoms. The minimum Gasteiger partial charge on any atom is -0.381 e. The first-order valence-corrected chi connectivity index (χ1v) is 10.7. The molecule has 2 atom stereocenters. The number of fused-ring (bicyclic) bond motifs is 4. The molecule has 3 aliphatic rings. The highest BCUT2D eigenvalue weighted by Gasteiger charge is 2.57. The molecular weight excluding hydrogens is 348 g/mol. The van der Waals surface area contributed by atoms with E-state index in [4.69, 9.17) is 4.74 Å². The lowest BCUT2D eigenvalue weighted by Crippen LogP contribution is -2.65. The van der Waals surface area contributed by atoms with E-state index >= 15 is 0 Å². The maximum absolute atomic E-state index is 13.5. The van der Waals surface area contributed by atoms with Gasteiger partial charge in [0.2, 0.25) is 5.91 Å². The number of nitrogens with zero attached hydrogens (tertiary/aromatic N) is 2. The summed E-state index contributed by atoms with van der Waals surface area (Å²) in [5.41, 5.74) is 3.39. The third-order valence-electron chi connectivity index (χ3n) is 8.37. The van der Waals surface area contributed by atoms with Gasteiger partial charge in [-0.05, 0) is 67.2 Å². The van der Waals surface area contributed by atoms with Crippen molar-refractivity contribution in [2.45, 2.75) is 76.9 Å². The molecule has 0 radical (unpaired) electrons. The van der Waals surface area contributed by atoms with E-state index in [0.717, 1.165) is 50.6 Å². The summed E-state index contributed by atoms with van der Waals surface area (Å²) in [5, 5.41) is 9.34. The molecule has 4 heteroatoms. The van der Waals surface area contributed by atoms with Crippen LogP contribution < -0.4 is 0 Å². The molecule has 2 fully saturated rings. The number of rotatable bonds is 2. The highest BCUT2D eigenvalue weighted by Crippen LogP contribution is 2.56. The standard InChI is InChI=1S/C24H32N2O2/c1-23(2)21-14-18-13-16(15-25)5-10-20(18)24(23,3)11-12-26(21)22(27)17-6-8-19(28-4)9-7-17/h5,10,13,17,19,21H,6-9,11-12,14H2,1-4H3/t17?,19?,21-,24-/m1/s1.